The molecule has 1 atom stereocenters. The molecule has 2 rings (SSSR count). The second-order valence-electron chi connectivity index (χ2n) is 5.70. The van der Waals surface area contributed by atoms with Crippen LogP contribution >= 0.6 is 0 Å². The molecule has 1 aliphatic carbocycles. The summed E-state index contributed by atoms with van der Waals surface area (Å²) in [5, 5.41) is 6.39. The molecule has 1 amide bonds. The lowest BCUT2D eigenvalue weighted by Gasteiger charge is -2.29. The van der Waals surface area contributed by atoms with Crippen molar-refractivity contribution < 1.29 is 4.79 Å². The number of amides is 1. The number of carbonyl (C=O) groups excluding carboxylic acids is 1. The van der Waals surface area contributed by atoms with Crippen molar-refractivity contribution in [3.8, 4) is 0 Å². The van der Waals surface area contributed by atoms with Crippen LogP contribution in [0.25, 0.3) is 0 Å². The SMILES string of the molecule is CC1CCC(NC(C)C(=O)Nc2ccccc2)CC1. The van der Waals surface area contributed by atoms with E-state index in [2.05, 4.69) is 17.6 Å². The molecule has 1 fully saturated rings. The number of nitrogens with one attached hydrogen (secondary N) is 2. The molecule has 1 aliphatic rings. The van der Waals surface area contributed by atoms with Gasteiger partial charge in [0.25, 0.3) is 0 Å². The summed E-state index contributed by atoms with van der Waals surface area (Å²) in [6.07, 6.45) is 4.91. The fourth-order valence-corrected chi connectivity index (χ4v) is 2.63. The van der Waals surface area contributed by atoms with Crippen molar-refractivity contribution in [3.05, 3.63) is 30.3 Å². The highest BCUT2D eigenvalue weighted by Gasteiger charge is 2.22. The van der Waals surface area contributed by atoms with E-state index in [1.165, 1.54) is 25.7 Å². The smallest absolute Gasteiger partial charge is 0.241 e. The minimum atomic E-state index is -0.140. The molecule has 0 radical (unpaired) electrons. The van der Waals surface area contributed by atoms with Crippen molar-refractivity contribution in [1.29, 1.82) is 0 Å². The first-order valence-corrected chi connectivity index (χ1v) is 7.27. The van der Waals surface area contributed by atoms with E-state index in [4.69, 9.17) is 0 Å². The highest BCUT2D eigenvalue weighted by Crippen LogP contribution is 2.23. The fraction of sp³-hybridized carbons (Fsp3) is 0.562. The van der Waals surface area contributed by atoms with Crippen molar-refractivity contribution in [2.45, 2.75) is 51.6 Å². The van der Waals surface area contributed by atoms with Crippen LogP contribution < -0.4 is 10.6 Å². The third kappa shape index (κ3) is 4.35. The van der Waals surface area contributed by atoms with Crippen LogP contribution in [0.15, 0.2) is 30.3 Å². The summed E-state index contributed by atoms with van der Waals surface area (Å²) in [6, 6.07) is 9.97. The Morgan fingerprint density at radius 2 is 1.79 bits per heavy atom. The van der Waals surface area contributed by atoms with Crippen molar-refractivity contribution in [2.24, 2.45) is 5.92 Å². The maximum Gasteiger partial charge on any atom is 0.241 e. The molecule has 2 N–H and O–H groups in total. The van der Waals surface area contributed by atoms with E-state index < -0.39 is 0 Å². The molecular weight excluding hydrogens is 236 g/mol. The summed E-state index contributed by atoms with van der Waals surface area (Å²) >= 11 is 0. The fourth-order valence-electron chi connectivity index (χ4n) is 2.63. The molecular formula is C16H24N2O. The molecule has 0 aromatic heterocycles. The monoisotopic (exact) mass is 260 g/mol. The molecule has 1 unspecified atom stereocenters. The van der Waals surface area contributed by atoms with E-state index in [1.807, 2.05) is 37.3 Å². The Kier molecular flexibility index (Phi) is 4.97. The van der Waals surface area contributed by atoms with Gasteiger partial charge in [0.1, 0.15) is 0 Å². The largest absolute Gasteiger partial charge is 0.325 e. The third-order valence-electron chi connectivity index (χ3n) is 3.94. The van der Waals surface area contributed by atoms with Gasteiger partial charge in [-0.15, -0.1) is 0 Å². The summed E-state index contributed by atoms with van der Waals surface area (Å²) in [7, 11) is 0. The topological polar surface area (TPSA) is 41.1 Å². The van der Waals surface area contributed by atoms with Crippen LogP contribution in [0.3, 0.4) is 0 Å². The lowest BCUT2D eigenvalue weighted by atomic mass is 9.87. The van der Waals surface area contributed by atoms with E-state index in [1.54, 1.807) is 0 Å². The van der Waals surface area contributed by atoms with E-state index in [-0.39, 0.29) is 11.9 Å². The zero-order chi connectivity index (χ0) is 13.7. The van der Waals surface area contributed by atoms with Crippen LogP contribution in [-0.2, 0) is 4.79 Å². The maximum absolute atomic E-state index is 12.1. The van der Waals surface area contributed by atoms with E-state index in [9.17, 15) is 4.79 Å². The van der Waals surface area contributed by atoms with Gasteiger partial charge in [0, 0.05) is 11.7 Å². The van der Waals surface area contributed by atoms with Gasteiger partial charge < -0.3 is 10.6 Å². The molecule has 104 valence electrons. The molecule has 3 nitrogen and oxygen atoms in total. The number of para-hydroxylation sites is 1. The zero-order valence-electron chi connectivity index (χ0n) is 11.9. The molecule has 0 saturated heterocycles. The van der Waals surface area contributed by atoms with Gasteiger partial charge in [0.05, 0.1) is 6.04 Å². The van der Waals surface area contributed by atoms with Gasteiger partial charge in [0.15, 0.2) is 0 Å². The van der Waals surface area contributed by atoms with Gasteiger partial charge in [-0.05, 0) is 50.7 Å². The number of hydrogen-bond acceptors (Lipinski definition) is 2. The molecule has 1 aromatic carbocycles. The normalized spacial score (nSPS) is 24.7. The quantitative estimate of drug-likeness (QED) is 0.873. The summed E-state index contributed by atoms with van der Waals surface area (Å²) in [4.78, 5) is 12.1. The number of anilines is 1. The van der Waals surface area contributed by atoms with Crippen molar-refractivity contribution in [2.75, 3.05) is 5.32 Å². The first-order chi connectivity index (χ1) is 9.15. The summed E-state index contributed by atoms with van der Waals surface area (Å²) in [5.74, 6) is 0.885. The third-order valence-corrected chi connectivity index (χ3v) is 3.94. The van der Waals surface area contributed by atoms with Gasteiger partial charge in [-0.3, -0.25) is 4.79 Å². The second-order valence-corrected chi connectivity index (χ2v) is 5.70. The molecule has 19 heavy (non-hydrogen) atoms. The average Bonchev–Trinajstić information content (AvgIpc) is 2.42. The van der Waals surface area contributed by atoms with Gasteiger partial charge in [0.2, 0.25) is 5.91 Å². The van der Waals surface area contributed by atoms with Crippen molar-refractivity contribution in [3.63, 3.8) is 0 Å². The second kappa shape index (κ2) is 6.71. The van der Waals surface area contributed by atoms with Crippen LogP contribution in [0.4, 0.5) is 5.69 Å². The molecule has 1 saturated carbocycles. The molecule has 0 bridgehead atoms. The van der Waals surface area contributed by atoms with Gasteiger partial charge in [-0.2, -0.15) is 0 Å². The van der Waals surface area contributed by atoms with E-state index >= 15 is 0 Å². The van der Waals surface area contributed by atoms with E-state index in [0.717, 1.165) is 11.6 Å². The molecule has 3 heteroatoms. The van der Waals surface area contributed by atoms with Crippen LogP contribution in [0.5, 0.6) is 0 Å². The predicted molar refractivity (Wildman–Crippen MR) is 79.1 cm³/mol. The van der Waals surface area contributed by atoms with E-state index in [0.29, 0.717) is 6.04 Å². The molecule has 0 aliphatic heterocycles. The highest BCUT2D eigenvalue weighted by atomic mass is 16.2. The van der Waals surface area contributed by atoms with Crippen molar-refractivity contribution >= 4 is 11.6 Å². The number of carbonyl (C=O) groups is 1. The van der Waals surface area contributed by atoms with Gasteiger partial charge in [-0.25, -0.2) is 0 Å². The number of hydrogen-bond donors (Lipinski definition) is 2. The Morgan fingerprint density at radius 1 is 1.16 bits per heavy atom. The van der Waals surface area contributed by atoms with Gasteiger partial charge in [-0.1, -0.05) is 25.1 Å². The Bertz CT molecular complexity index is 396. The summed E-state index contributed by atoms with van der Waals surface area (Å²) < 4.78 is 0. The van der Waals surface area contributed by atoms with Crippen LogP contribution in [-0.4, -0.2) is 18.0 Å². The highest BCUT2D eigenvalue weighted by molar-refractivity contribution is 5.94. The first kappa shape index (κ1) is 14.1. The predicted octanol–water partition coefficient (Wildman–Crippen LogP) is 3.18. The zero-order valence-corrected chi connectivity index (χ0v) is 11.9. The lowest BCUT2D eigenvalue weighted by molar-refractivity contribution is -0.118. The maximum atomic E-state index is 12.1. The minimum absolute atomic E-state index is 0.0461. The van der Waals surface area contributed by atoms with Crippen LogP contribution in [0.1, 0.15) is 39.5 Å². The van der Waals surface area contributed by atoms with Crippen molar-refractivity contribution in [1.82, 2.24) is 5.32 Å². The minimum Gasteiger partial charge on any atom is -0.325 e. The number of rotatable bonds is 4. The Labute approximate surface area is 115 Å². The summed E-state index contributed by atoms with van der Waals surface area (Å²) in [6.45, 7) is 4.25. The Morgan fingerprint density at radius 3 is 2.42 bits per heavy atom. The molecule has 0 heterocycles. The van der Waals surface area contributed by atoms with Crippen LogP contribution in [0, 0.1) is 5.92 Å². The molecule has 0 spiro atoms. The molecule has 1 aromatic rings. The average molecular weight is 260 g/mol. The van der Waals surface area contributed by atoms with Gasteiger partial charge >= 0.3 is 0 Å². The standard InChI is InChI=1S/C16H24N2O/c1-12-8-10-15(11-9-12)17-13(2)16(19)18-14-6-4-3-5-7-14/h3-7,12-13,15,17H,8-11H2,1-2H3,(H,18,19). The van der Waals surface area contributed by atoms with Crippen LogP contribution in [0.2, 0.25) is 0 Å². The number of benzene rings is 1. The Hall–Kier alpha value is -1.35. The first-order valence-electron chi connectivity index (χ1n) is 7.27. The Balaban J connectivity index is 1.79. The lowest BCUT2D eigenvalue weighted by Crippen LogP contribution is -2.45. The summed E-state index contributed by atoms with van der Waals surface area (Å²) in [5.41, 5.74) is 0.860.